The Balaban J connectivity index is 1.33. The van der Waals surface area contributed by atoms with Crippen molar-refractivity contribution in [1.29, 1.82) is 0 Å². The maximum atomic E-state index is 13.8. The van der Waals surface area contributed by atoms with Gasteiger partial charge in [-0.2, -0.15) is 4.31 Å². The summed E-state index contributed by atoms with van der Waals surface area (Å²) in [7, 11) is -4.02. The first-order valence-corrected chi connectivity index (χ1v) is 15.8. The summed E-state index contributed by atoms with van der Waals surface area (Å²) in [5.41, 5.74) is 1.79. The second-order valence-corrected chi connectivity index (χ2v) is 13.3. The van der Waals surface area contributed by atoms with Crippen molar-refractivity contribution in [3.05, 3.63) is 65.7 Å². The van der Waals surface area contributed by atoms with E-state index >= 15 is 0 Å². The predicted molar refractivity (Wildman–Crippen MR) is 152 cm³/mol. The highest BCUT2D eigenvalue weighted by Crippen LogP contribution is 2.37. The van der Waals surface area contributed by atoms with Crippen LogP contribution < -0.4 is 10.6 Å². The summed E-state index contributed by atoms with van der Waals surface area (Å²) in [5, 5.41) is 17.1. The van der Waals surface area contributed by atoms with Crippen molar-refractivity contribution < 1.29 is 32.6 Å². The van der Waals surface area contributed by atoms with Gasteiger partial charge in [-0.1, -0.05) is 48.0 Å². The number of nitrogens with one attached hydrogen (secondary N) is 2. The Morgan fingerprint density at radius 3 is 2.59 bits per heavy atom. The highest BCUT2D eigenvalue weighted by molar-refractivity contribution is 7.89. The number of aliphatic hydroxyl groups is 1. The van der Waals surface area contributed by atoms with E-state index in [0.29, 0.717) is 25.2 Å². The Hall–Kier alpha value is -2.99. The Kier molecular flexibility index (Phi) is 9.28. The van der Waals surface area contributed by atoms with Crippen LogP contribution in [0.25, 0.3) is 0 Å². The maximum absolute atomic E-state index is 13.8. The van der Waals surface area contributed by atoms with Gasteiger partial charge in [0.05, 0.1) is 23.1 Å². The van der Waals surface area contributed by atoms with Crippen LogP contribution >= 0.6 is 0 Å². The van der Waals surface area contributed by atoms with E-state index in [1.807, 2.05) is 37.3 Å². The zero-order valence-corrected chi connectivity index (χ0v) is 24.1. The number of alkyl carbamates (subject to hydrolysis) is 1. The number of carbonyl (C=O) groups excluding carboxylic acids is 2. The van der Waals surface area contributed by atoms with Crippen LogP contribution in [0.3, 0.4) is 0 Å². The van der Waals surface area contributed by atoms with E-state index in [4.69, 9.17) is 9.47 Å². The number of benzene rings is 2. The van der Waals surface area contributed by atoms with Crippen LogP contribution in [0.4, 0.5) is 4.79 Å². The first kappa shape index (κ1) is 29.5. The molecule has 3 N–H and O–H groups in total. The fourth-order valence-electron chi connectivity index (χ4n) is 6.03. The van der Waals surface area contributed by atoms with E-state index in [1.54, 1.807) is 12.1 Å². The van der Waals surface area contributed by atoms with Crippen LogP contribution in [0.1, 0.15) is 43.2 Å². The molecule has 10 nitrogen and oxygen atoms in total. The van der Waals surface area contributed by atoms with Gasteiger partial charge in [0.1, 0.15) is 6.10 Å². The molecule has 0 aromatic heterocycles. The molecular formula is C30H39N3O7S. The standard InChI is InChI=1S/C30H39N3O7S/c1-20-7-10-25(11-8-20)41(37,38)33(18-23-9-12-29(35)31-23)19-27(34)26(15-21-5-3-2-4-6-21)32-30(36)40-24-16-22-13-14-39-28(22)17-24/h2-8,10-11,22-24,26-28,34H,9,12-19H2,1H3,(H,31,35)(H,32,36)/t22-,23?,24+,26?,27+,28+/m0/s1. The summed E-state index contributed by atoms with van der Waals surface area (Å²) in [4.78, 5) is 25.0. The SMILES string of the molecule is Cc1ccc(S(=O)(=O)N(CC2CCC(=O)N2)C[C@@H](O)C(Cc2ccccc2)NC(=O)O[C@@H]2C[C@@H]3CCO[C@@H]3C2)cc1. The lowest BCUT2D eigenvalue weighted by Gasteiger charge is -2.31. The molecule has 0 spiro atoms. The number of amides is 2. The molecule has 0 radical (unpaired) electrons. The minimum Gasteiger partial charge on any atom is -0.446 e. The molecular weight excluding hydrogens is 546 g/mol. The molecule has 1 saturated carbocycles. The zero-order chi connectivity index (χ0) is 29.0. The average molecular weight is 586 g/mol. The van der Waals surface area contributed by atoms with E-state index in [9.17, 15) is 23.1 Å². The van der Waals surface area contributed by atoms with Crippen molar-refractivity contribution >= 4 is 22.0 Å². The number of hydrogen-bond acceptors (Lipinski definition) is 7. The van der Waals surface area contributed by atoms with Gasteiger partial charge in [0, 0.05) is 38.6 Å². The van der Waals surface area contributed by atoms with Gasteiger partial charge in [-0.05, 0) is 56.2 Å². The third-order valence-electron chi connectivity index (χ3n) is 8.31. The molecule has 11 heteroatoms. The van der Waals surface area contributed by atoms with Crippen LogP contribution in [0.2, 0.25) is 0 Å². The quantitative estimate of drug-likeness (QED) is 0.369. The molecule has 3 fully saturated rings. The van der Waals surface area contributed by atoms with Gasteiger partial charge in [0.25, 0.3) is 0 Å². The van der Waals surface area contributed by atoms with Crippen molar-refractivity contribution in [2.45, 2.75) is 80.7 Å². The number of hydrogen-bond donors (Lipinski definition) is 3. The minimum absolute atomic E-state index is 0.00631. The first-order chi connectivity index (χ1) is 19.7. The second kappa shape index (κ2) is 12.9. The van der Waals surface area contributed by atoms with Crippen molar-refractivity contribution in [3.63, 3.8) is 0 Å². The maximum Gasteiger partial charge on any atom is 0.407 e. The van der Waals surface area contributed by atoms with E-state index in [1.165, 1.54) is 16.4 Å². The molecule has 2 aromatic rings. The molecule has 3 aliphatic rings. The predicted octanol–water partition coefficient (Wildman–Crippen LogP) is 2.53. The van der Waals surface area contributed by atoms with E-state index in [-0.39, 0.29) is 48.6 Å². The summed E-state index contributed by atoms with van der Waals surface area (Å²) in [5.74, 6) is 0.270. The minimum atomic E-state index is -4.02. The molecule has 2 heterocycles. The molecule has 6 atom stereocenters. The second-order valence-electron chi connectivity index (χ2n) is 11.4. The summed E-state index contributed by atoms with van der Waals surface area (Å²) < 4.78 is 40.2. The first-order valence-electron chi connectivity index (χ1n) is 14.3. The summed E-state index contributed by atoms with van der Waals surface area (Å²) in [6.45, 7) is 2.34. The van der Waals surface area contributed by atoms with E-state index < -0.39 is 28.3 Å². The highest BCUT2D eigenvalue weighted by atomic mass is 32.2. The molecule has 2 aromatic carbocycles. The fraction of sp³-hybridized carbons (Fsp3) is 0.533. The Labute approximate surface area is 241 Å². The third kappa shape index (κ3) is 7.45. The normalized spacial score (nSPS) is 25.5. The fourth-order valence-corrected chi connectivity index (χ4v) is 7.53. The summed E-state index contributed by atoms with van der Waals surface area (Å²) in [6.07, 6.45) is 1.42. The molecule has 1 aliphatic carbocycles. The zero-order valence-electron chi connectivity index (χ0n) is 23.3. The van der Waals surface area contributed by atoms with Crippen LogP contribution in [0, 0.1) is 12.8 Å². The number of aryl methyl sites for hydroxylation is 1. The van der Waals surface area contributed by atoms with Crippen LogP contribution in [-0.2, 0) is 30.7 Å². The molecule has 222 valence electrons. The Morgan fingerprint density at radius 1 is 1.15 bits per heavy atom. The third-order valence-corrected chi connectivity index (χ3v) is 10.2. The molecule has 2 saturated heterocycles. The molecule has 5 rings (SSSR count). The molecule has 0 bridgehead atoms. The molecule has 41 heavy (non-hydrogen) atoms. The van der Waals surface area contributed by atoms with Crippen molar-refractivity contribution in [1.82, 2.24) is 14.9 Å². The number of sulfonamides is 1. The number of aliphatic hydroxyl groups excluding tert-OH is 1. The largest absolute Gasteiger partial charge is 0.446 e. The van der Waals surface area contributed by atoms with Gasteiger partial charge in [-0.25, -0.2) is 13.2 Å². The monoisotopic (exact) mass is 585 g/mol. The van der Waals surface area contributed by atoms with Gasteiger partial charge < -0.3 is 25.2 Å². The molecule has 2 unspecified atom stereocenters. The number of nitrogens with zero attached hydrogens (tertiary/aromatic N) is 1. The Morgan fingerprint density at radius 2 is 1.90 bits per heavy atom. The van der Waals surface area contributed by atoms with Crippen molar-refractivity contribution in [2.75, 3.05) is 19.7 Å². The van der Waals surface area contributed by atoms with Crippen LogP contribution in [-0.4, -0.2) is 79.9 Å². The number of ether oxygens (including phenoxy) is 2. The topological polar surface area (TPSA) is 134 Å². The molecule has 2 aliphatic heterocycles. The lowest BCUT2D eigenvalue weighted by atomic mass is 10.0. The van der Waals surface area contributed by atoms with E-state index in [2.05, 4.69) is 10.6 Å². The van der Waals surface area contributed by atoms with E-state index in [0.717, 1.165) is 30.6 Å². The molecule has 2 amide bonds. The average Bonchev–Trinajstić information content (AvgIpc) is 3.65. The lowest BCUT2D eigenvalue weighted by Crippen LogP contribution is -2.52. The Bertz CT molecular complexity index is 1290. The van der Waals surface area contributed by atoms with Gasteiger partial charge in [-0.3, -0.25) is 4.79 Å². The van der Waals surface area contributed by atoms with Crippen molar-refractivity contribution in [3.8, 4) is 0 Å². The van der Waals surface area contributed by atoms with Gasteiger partial charge in [0.2, 0.25) is 15.9 Å². The summed E-state index contributed by atoms with van der Waals surface area (Å²) >= 11 is 0. The lowest BCUT2D eigenvalue weighted by molar-refractivity contribution is -0.119. The van der Waals surface area contributed by atoms with Gasteiger partial charge in [-0.15, -0.1) is 0 Å². The van der Waals surface area contributed by atoms with Gasteiger partial charge in [0.15, 0.2) is 0 Å². The summed E-state index contributed by atoms with van der Waals surface area (Å²) in [6, 6.07) is 14.7. The van der Waals surface area contributed by atoms with Crippen molar-refractivity contribution in [2.24, 2.45) is 5.92 Å². The number of carbonyl (C=O) groups is 2. The van der Waals surface area contributed by atoms with Gasteiger partial charge >= 0.3 is 6.09 Å². The van der Waals surface area contributed by atoms with Crippen LogP contribution in [0.15, 0.2) is 59.5 Å². The number of fused-ring (bicyclic) bond motifs is 1. The van der Waals surface area contributed by atoms with Crippen LogP contribution in [0.5, 0.6) is 0 Å². The highest BCUT2D eigenvalue weighted by Gasteiger charge is 2.41. The smallest absolute Gasteiger partial charge is 0.407 e. The number of rotatable bonds is 11.